The van der Waals surface area contributed by atoms with Gasteiger partial charge in [0.25, 0.3) is 0 Å². The molecule has 1 spiro atoms. The molecule has 0 amide bonds. The molecule has 240 valence electrons. The molecule has 0 N–H and O–H groups in total. The van der Waals surface area contributed by atoms with Crippen LogP contribution in [0, 0.1) is 0 Å². The Morgan fingerprint density at radius 1 is 0.490 bits per heavy atom. The van der Waals surface area contributed by atoms with E-state index in [9.17, 15) is 0 Å². The average Bonchev–Trinajstić information content (AvgIpc) is 3.82. The summed E-state index contributed by atoms with van der Waals surface area (Å²) in [6.45, 7) is 3.17. The van der Waals surface area contributed by atoms with Crippen molar-refractivity contribution >= 4 is 32.6 Å². The van der Waals surface area contributed by atoms with Gasteiger partial charge in [-0.2, -0.15) is 0 Å². The lowest BCUT2D eigenvalue weighted by Crippen LogP contribution is -2.26. The van der Waals surface area contributed by atoms with Crippen LogP contribution in [0.3, 0.4) is 0 Å². The van der Waals surface area contributed by atoms with E-state index in [4.69, 9.17) is 4.98 Å². The predicted molar refractivity (Wildman–Crippen MR) is 212 cm³/mol. The van der Waals surface area contributed by atoms with E-state index in [0.29, 0.717) is 0 Å². The summed E-state index contributed by atoms with van der Waals surface area (Å²) in [6.07, 6.45) is 1.06. The zero-order chi connectivity index (χ0) is 33.7. The van der Waals surface area contributed by atoms with Gasteiger partial charge in [-0.05, 0) is 102 Å². The Morgan fingerprint density at radius 2 is 1.08 bits per heavy atom. The highest BCUT2D eigenvalue weighted by Gasteiger charge is 2.53. The van der Waals surface area contributed by atoms with Crippen molar-refractivity contribution in [2.75, 3.05) is 0 Å². The quantitative estimate of drug-likeness (QED) is 0.185. The summed E-state index contributed by atoms with van der Waals surface area (Å²) in [5.74, 6) is 1.04. The van der Waals surface area contributed by atoms with Gasteiger partial charge in [-0.25, -0.2) is 4.98 Å². The molecule has 0 radical (unpaired) electrons. The van der Waals surface area contributed by atoms with Crippen LogP contribution in [-0.4, -0.2) is 9.55 Å². The van der Waals surface area contributed by atoms with Gasteiger partial charge in [0.15, 0.2) is 0 Å². The molecule has 0 fully saturated rings. The summed E-state index contributed by atoms with van der Waals surface area (Å²) in [4.78, 5) is 5.04. The number of nitrogens with zero attached hydrogens (tertiary/aromatic N) is 2. The third-order valence-electron chi connectivity index (χ3n) is 11.5. The Kier molecular flexibility index (Phi) is 5.95. The first-order chi connectivity index (χ1) is 25.3. The molecule has 0 saturated heterocycles. The van der Waals surface area contributed by atoms with E-state index in [1.807, 2.05) is 0 Å². The van der Waals surface area contributed by atoms with E-state index in [1.54, 1.807) is 0 Å². The highest BCUT2D eigenvalue weighted by atomic mass is 15.1. The maximum absolute atomic E-state index is 5.04. The molecule has 2 aliphatic carbocycles. The normalized spacial score (nSPS) is 13.5. The monoisotopic (exact) mass is 650 g/mol. The number of hydrogen-bond donors (Lipinski definition) is 0. The van der Waals surface area contributed by atoms with Crippen molar-refractivity contribution in [1.82, 2.24) is 9.55 Å². The number of aromatic nitrogens is 2. The molecule has 8 aromatic carbocycles. The van der Waals surface area contributed by atoms with Gasteiger partial charge in [-0.3, -0.25) is 0 Å². The van der Waals surface area contributed by atoms with Crippen LogP contribution in [-0.2, 0) is 12.0 Å². The predicted octanol–water partition coefficient (Wildman–Crippen LogP) is 12.4. The maximum atomic E-state index is 5.04. The SMILES string of the molecule is CCCn1c(-c2ccc(-c3ccc4c5c(ccc4c3)-c3ccc4ccccc4c3C53c4ccccc4-c4ccccc43)cc2)nc2ccccc21. The lowest BCUT2D eigenvalue weighted by molar-refractivity contribution is 0.704. The lowest BCUT2D eigenvalue weighted by Gasteiger charge is -2.32. The number of fused-ring (bicyclic) bond motifs is 15. The summed E-state index contributed by atoms with van der Waals surface area (Å²) >= 11 is 0. The summed E-state index contributed by atoms with van der Waals surface area (Å²) in [7, 11) is 0. The van der Waals surface area contributed by atoms with Crippen LogP contribution in [0.25, 0.3) is 77.3 Å². The fourth-order valence-electron chi connectivity index (χ4n) is 9.49. The van der Waals surface area contributed by atoms with Gasteiger partial charge in [0.05, 0.1) is 16.4 Å². The van der Waals surface area contributed by atoms with Crippen LogP contribution >= 0.6 is 0 Å². The third kappa shape index (κ3) is 3.80. The molecule has 51 heavy (non-hydrogen) atoms. The minimum atomic E-state index is -0.411. The second kappa shape index (κ2) is 10.6. The summed E-state index contributed by atoms with van der Waals surface area (Å²) in [5, 5.41) is 5.19. The summed E-state index contributed by atoms with van der Waals surface area (Å²) in [6, 6.07) is 61.1. The van der Waals surface area contributed by atoms with Gasteiger partial charge in [0, 0.05) is 12.1 Å². The van der Waals surface area contributed by atoms with E-state index in [-0.39, 0.29) is 0 Å². The molecular weight excluding hydrogens is 617 g/mol. The Morgan fingerprint density at radius 3 is 1.82 bits per heavy atom. The van der Waals surface area contributed by atoms with Crippen molar-refractivity contribution in [3.05, 3.63) is 186 Å². The second-order valence-electron chi connectivity index (χ2n) is 14.1. The molecule has 1 aromatic heterocycles. The highest BCUT2D eigenvalue weighted by Crippen LogP contribution is 2.65. The largest absolute Gasteiger partial charge is 0.324 e. The average molecular weight is 651 g/mol. The van der Waals surface area contributed by atoms with Gasteiger partial charge in [-0.15, -0.1) is 0 Å². The number of hydrogen-bond acceptors (Lipinski definition) is 1. The fraction of sp³-hybridized carbons (Fsp3) is 0.0816. The zero-order valence-electron chi connectivity index (χ0n) is 28.4. The van der Waals surface area contributed by atoms with Crippen LogP contribution < -0.4 is 0 Å². The lowest BCUT2D eigenvalue weighted by atomic mass is 9.68. The molecule has 9 aromatic rings. The van der Waals surface area contributed by atoms with Crippen LogP contribution in [0.1, 0.15) is 35.6 Å². The van der Waals surface area contributed by atoms with Crippen molar-refractivity contribution in [2.45, 2.75) is 25.3 Å². The standard InChI is InChI=1S/C49H34N2/c1-2-29-51-45-18-10-9-17-44(45)50-48(51)33-21-19-31(20-22-33)34-24-26-37-35(30-34)25-28-41-40-27-23-32-11-3-4-12-36(32)46(40)49(47(37)41)42-15-7-5-13-38(42)39-14-6-8-16-43(39)49/h3-28,30H,2,29H2,1H3. The van der Waals surface area contributed by atoms with Gasteiger partial charge in [0.2, 0.25) is 0 Å². The first kappa shape index (κ1) is 28.6. The molecule has 2 nitrogen and oxygen atoms in total. The molecule has 2 aliphatic rings. The van der Waals surface area contributed by atoms with E-state index >= 15 is 0 Å². The fourth-order valence-corrected chi connectivity index (χ4v) is 9.49. The number of benzene rings is 8. The van der Waals surface area contributed by atoms with Gasteiger partial charge in [0.1, 0.15) is 5.82 Å². The van der Waals surface area contributed by atoms with Crippen molar-refractivity contribution in [1.29, 1.82) is 0 Å². The number of aryl methyl sites for hydroxylation is 1. The van der Waals surface area contributed by atoms with Crippen LogP contribution in [0.2, 0.25) is 0 Å². The Labute approximate surface area is 297 Å². The van der Waals surface area contributed by atoms with Gasteiger partial charge in [-0.1, -0.05) is 153 Å². The molecule has 0 atom stereocenters. The molecule has 0 aliphatic heterocycles. The van der Waals surface area contributed by atoms with Gasteiger partial charge < -0.3 is 4.57 Å². The summed E-state index contributed by atoms with van der Waals surface area (Å²) < 4.78 is 2.36. The minimum Gasteiger partial charge on any atom is -0.324 e. The van der Waals surface area contributed by atoms with Crippen molar-refractivity contribution in [3.8, 4) is 44.8 Å². The topological polar surface area (TPSA) is 17.8 Å². The maximum Gasteiger partial charge on any atom is 0.141 e. The van der Waals surface area contributed by atoms with Crippen molar-refractivity contribution in [2.24, 2.45) is 0 Å². The van der Waals surface area contributed by atoms with Crippen LogP contribution in [0.5, 0.6) is 0 Å². The number of imidazole rings is 1. The highest BCUT2D eigenvalue weighted by molar-refractivity contribution is 6.09. The van der Waals surface area contributed by atoms with Gasteiger partial charge >= 0.3 is 0 Å². The smallest absolute Gasteiger partial charge is 0.141 e. The van der Waals surface area contributed by atoms with E-state index in [1.165, 1.54) is 82.7 Å². The Hall–Kier alpha value is -6.25. The first-order valence-corrected chi connectivity index (χ1v) is 18.1. The van der Waals surface area contributed by atoms with Crippen molar-refractivity contribution in [3.63, 3.8) is 0 Å². The molecule has 0 saturated carbocycles. The molecule has 0 bridgehead atoms. The van der Waals surface area contributed by atoms with Crippen LogP contribution in [0.4, 0.5) is 0 Å². The minimum absolute atomic E-state index is 0.411. The molecule has 0 unspecified atom stereocenters. The summed E-state index contributed by atoms with van der Waals surface area (Å²) in [5.41, 5.74) is 16.3. The molecule has 2 heteroatoms. The Bertz CT molecular complexity index is 2830. The second-order valence-corrected chi connectivity index (χ2v) is 14.1. The van der Waals surface area contributed by atoms with Crippen molar-refractivity contribution < 1.29 is 0 Å². The van der Waals surface area contributed by atoms with Crippen LogP contribution in [0.15, 0.2) is 164 Å². The van der Waals surface area contributed by atoms with E-state index < -0.39 is 5.41 Å². The number of rotatable bonds is 4. The molecular formula is C49H34N2. The molecule has 1 heterocycles. The Balaban J connectivity index is 1.11. The van der Waals surface area contributed by atoms with E-state index in [0.717, 1.165) is 29.9 Å². The zero-order valence-corrected chi connectivity index (χ0v) is 28.4. The third-order valence-corrected chi connectivity index (χ3v) is 11.5. The number of para-hydroxylation sites is 2. The van der Waals surface area contributed by atoms with E-state index in [2.05, 4.69) is 175 Å². The first-order valence-electron chi connectivity index (χ1n) is 18.1. The molecule has 11 rings (SSSR count).